The summed E-state index contributed by atoms with van der Waals surface area (Å²) in [6.45, 7) is 0.373. The molecule has 0 aliphatic carbocycles. The van der Waals surface area contributed by atoms with E-state index < -0.39 is 0 Å². The number of anilines is 1. The smallest absolute Gasteiger partial charge is 0.280 e. The summed E-state index contributed by atoms with van der Waals surface area (Å²) in [6, 6.07) is 22.3. The standard InChI is InChI=1S/C23H19N3O3/c1-28-20-11-5-8-18(13-20)22-14-21(25-29-22)23(27)26(19-9-3-2-4-10-19)16-17-7-6-12-24-15-17/h2-15H,16H2,1H3. The maximum atomic E-state index is 13.3. The largest absolute Gasteiger partial charge is 0.497 e. The van der Waals surface area contributed by atoms with Crippen molar-refractivity contribution in [3.8, 4) is 17.1 Å². The maximum absolute atomic E-state index is 13.3. The van der Waals surface area contributed by atoms with Gasteiger partial charge in [0.2, 0.25) is 0 Å². The van der Waals surface area contributed by atoms with Crippen LogP contribution < -0.4 is 9.64 Å². The molecule has 29 heavy (non-hydrogen) atoms. The Labute approximate surface area is 168 Å². The van der Waals surface area contributed by atoms with E-state index in [1.807, 2.05) is 66.7 Å². The topological polar surface area (TPSA) is 68.5 Å². The van der Waals surface area contributed by atoms with Crippen molar-refractivity contribution < 1.29 is 14.1 Å². The number of carbonyl (C=O) groups is 1. The number of hydrogen-bond donors (Lipinski definition) is 0. The fourth-order valence-electron chi connectivity index (χ4n) is 2.99. The molecule has 2 aromatic heterocycles. The first-order valence-corrected chi connectivity index (χ1v) is 9.11. The van der Waals surface area contributed by atoms with Crippen LogP contribution >= 0.6 is 0 Å². The van der Waals surface area contributed by atoms with Crippen molar-refractivity contribution in [2.45, 2.75) is 6.54 Å². The normalized spacial score (nSPS) is 10.5. The van der Waals surface area contributed by atoms with E-state index in [1.54, 1.807) is 30.5 Å². The number of nitrogens with zero attached hydrogens (tertiary/aromatic N) is 3. The van der Waals surface area contributed by atoms with E-state index in [0.717, 1.165) is 16.8 Å². The number of amides is 1. The van der Waals surface area contributed by atoms with E-state index in [-0.39, 0.29) is 11.6 Å². The Morgan fingerprint density at radius 3 is 2.66 bits per heavy atom. The number of pyridine rings is 1. The van der Waals surface area contributed by atoms with E-state index in [0.29, 0.717) is 18.1 Å². The second-order valence-corrected chi connectivity index (χ2v) is 6.40. The molecule has 0 unspecified atom stereocenters. The van der Waals surface area contributed by atoms with Crippen LogP contribution in [0.4, 0.5) is 5.69 Å². The molecular weight excluding hydrogens is 366 g/mol. The van der Waals surface area contributed by atoms with Crippen LogP contribution in [-0.2, 0) is 6.54 Å². The molecule has 0 saturated heterocycles. The summed E-state index contributed by atoms with van der Waals surface area (Å²) in [7, 11) is 1.60. The van der Waals surface area contributed by atoms with Gasteiger partial charge in [-0.05, 0) is 35.9 Å². The highest BCUT2D eigenvalue weighted by Crippen LogP contribution is 2.26. The van der Waals surface area contributed by atoms with Gasteiger partial charge in [0.15, 0.2) is 11.5 Å². The molecule has 2 aromatic carbocycles. The van der Waals surface area contributed by atoms with E-state index in [2.05, 4.69) is 10.1 Å². The van der Waals surface area contributed by atoms with E-state index in [4.69, 9.17) is 9.26 Å². The molecule has 4 rings (SSSR count). The summed E-state index contributed by atoms with van der Waals surface area (Å²) >= 11 is 0. The Kier molecular flexibility index (Phi) is 5.33. The quantitative estimate of drug-likeness (QED) is 0.485. The third-order valence-electron chi connectivity index (χ3n) is 4.46. The Hall–Kier alpha value is -3.93. The lowest BCUT2D eigenvalue weighted by Gasteiger charge is -2.21. The number of hydrogen-bond acceptors (Lipinski definition) is 5. The van der Waals surface area contributed by atoms with E-state index in [1.165, 1.54) is 0 Å². The summed E-state index contributed by atoms with van der Waals surface area (Å²) < 4.78 is 10.7. The summed E-state index contributed by atoms with van der Waals surface area (Å²) in [5, 5.41) is 4.01. The van der Waals surface area contributed by atoms with Crippen LogP contribution in [0.25, 0.3) is 11.3 Å². The molecule has 0 saturated carbocycles. The molecule has 0 atom stereocenters. The molecule has 0 bridgehead atoms. The average Bonchev–Trinajstić information content (AvgIpc) is 3.29. The van der Waals surface area contributed by atoms with Crippen molar-refractivity contribution in [2.75, 3.05) is 12.0 Å². The number of carbonyl (C=O) groups excluding carboxylic acids is 1. The van der Waals surface area contributed by atoms with Gasteiger partial charge in [-0.25, -0.2) is 0 Å². The summed E-state index contributed by atoms with van der Waals surface area (Å²) in [5.41, 5.74) is 2.71. The van der Waals surface area contributed by atoms with Crippen LogP contribution in [0.15, 0.2) is 89.7 Å². The van der Waals surface area contributed by atoms with Crippen molar-refractivity contribution in [3.05, 3.63) is 96.4 Å². The zero-order chi connectivity index (χ0) is 20.1. The highest BCUT2D eigenvalue weighted by Gasteiger charge is 2.22. The lowest BCUT2D eigenvalue weighted by atomic mass is 10.1. The Balaban J connectivity index is 1.65. The number of aromatic nitrogens is 2. The first kappa shape index (κ1) is 18.4. The number of methoxy groups -OCH3 is 1. The minimum Gasteiger partial charge on any atom is -0.497 e. The molecular formula is C23H19N3O3. The van der Waals surface area contributed by atoms with Crippen molar-refractivity contribution in [1.29, 1.82) is 0 Å². The summed E-state index contributed by atoms with van der Waals surface area (Å²) in [4.78, 5) is 19.1. The van der Waals surface area contributed by atoms with Gasteiger partial charge in [0.25, 0.3) is 5.91 Å². The first-order chi connectivity index (χ1) is 14.2. The van der Waals surface area contributed by atoms with Crippen LogP contribution in [-0.4, -0.2) is 23.2 Å². The fourth-order valence-corrected chi connectivity index (χ4v) is 2.99. The van der Waals surface area contributed by atoms with Gasteiger partial charge in [0.05, 0.1) is 13.7 Å². The molecule has 0 aliphatic heterocycles. The highest BCUT2D eigenvalue weighted by molar-refractivity contribution is 6.05. The van der Waals surface area contributed by atoms with Gasteiger partial charge in [-0.15, -0.1) is 0 Å². The zero-order valence-corrected chi connectivity index (χ0v) is 15.9. The number of ether oxygens (including phenoxy) is 1. The monoisotopic (exact) mass is 385 g/mol. The lowest BCUT2D eigenvalue weighted by molar-refractivity contribution is 0.0976. The van der Waals surface area contributed by atoms with Crippen molar-refractivity contribution in [1.82, 2.24) is 10.1 Å². The molecule has 6 heteroatoms. The van der Waals surface area contributed by atoms with Crippen LogP contribution in [0.3, 0.4) is 0 Å². The second-order valence-electron chi connectivity index (χ2n) is 6.40. The van der Waals surface area contributed by atoms with Crippen LogP contribution in [0, 0.1) is 0 Å². The van der Waals surface area contributed by atoms with E-state index in [9.17, 15) is 4.79 Å². The van der Waals surface area contributed by atoms with Gasteiger partial charge in [-0.1, -0.05) is 41.6 Å². The van der Waals surface area contributed by atoms with E-state index >= 15 is 0 Å². The minimum atomic E-state index is -0.252. The predicted octanol–water partition coefficient (Wildman–Crippen LogP) is 4.59. The molecule has 4 aromatic rings. The molecule has 0 radical (unpaired) electrons. The van der Waals surface area contributed by atoms with Gasteiger partial charge in [-0.3, -0.25) is 9.78 Å². The van der Waals surface area contributed by atoms with Crippen molar-refractivity contribution in [3.63, 3.8) is 0 Å². The van der Waals surface area contributed by atoms with Crippen LogP contribution in [0.5, 0.6) is 5.75 Å². The molecule has 144 valence electrons. The predicted molar refractivity (Wildman–Crippen MR) is 110 cm³/mol. The maximum Gasteiger partial charge on any atom is 0.280 e. The molecule has 0 aliphatic rings. The van der Waals surface area contributed by atoms with Gasteiger partial charge < -0.3 is 14.2 Å². The first-order valence-electron chi connectivity index (χ1n) is 9.11. The Morgan fingerprint density at radius 2 is 1.90 bits per heavy atom. The van der Waals surface area contributed by atoms with Crippen molar-refractivity contribution in [2.24, 2.45) is 0 Å². The zero-order valence-electron chi connectivity index (χ0n) is 15.9. The van der Waals surface area contributed by atoms with Gasteiger partial charge in [0.1, 0.15) is 5.75 Å². The molecule has 6 nitrogen and oxygen atoms in total. The SMILES string of the molecule is COc1cccc(-c2cc(C(=O)N(Cc3cccnc3)c3ccccc3)no2)c1. The number of rotatable bonds is 6. The molecule has 2 heterocycles. The second kappa shape index (κ2) is 8.39. The van der Waals surface area contributed by atoms with Gasteiger partial charge in [0, 0.05) is 29.7 Å². The van der Waals surface area contributed by atoms with Crippen molar-refractivity contribution >= 4 is 11.6 Å². The van der Waals surface area contributed by atoms with Gasteiger partial charge in [-0.2, -0.15) is 0 Å². The summed E-state index contributed by atoms with van der Waals surface area (Å²) in [5.74, 6) is 0.953. The lowest BCUT2D eigenvalue weighted by Crippen LogP contribution is -2.30. The third kappa shape index (κ3) is 4.16. The van der Waals surface area contributed by atoms with Crippen LogP contribution in [0.1, 0.15) is 16.1 Å². The molecule has 0 fully saturated rings. The van der Waals surface area contributed by atoms with Gasteiger partial charge >= 0.3 is 0 Å². The fraction of sp³-hybridized carbons (Fsp3) is 0.0870. The summed E-state index contributed by atoms with van der Waals surface area (Å²) in [6.07, 6.45) is 3.45. The average molecular weight is 385 g/mol. The highest BCUT2D eigenvalue weighted by atomic mass is 16.5. The Bertz CT molecular complexity index is 1090. The van der Waals surface area contributed by atoms with Crippen LogP contribution in [0.2, 0.25) is 0 Å². The third-order valence-corrected chi connectivity index (χ3v) is 4.46. The molecule has 0 spiro atoms. The minimum absolute atomic E-state index is 0.232. The number of benzene rings is 2. The Morgan fingerprint density at radius 1 is 1.03 bits per heavy atom. The molecule has 0 N–H and O–H groups in total. The molecule has 1 amide bonds. The number of para-hydroxylation sites is 1.